The Kier molecular flexibility index (Phi) is 3.11. The first-order valence-electron chi connectivity index (χ1n) is 6.64. The molecule has 0 unspecified atom stereocenters. The van der Waals surface area contributed by atoms with Crippen LogP contribution in [0.15, 0.2) is 42.5 Å². The number of hydrogen-bond acceptors (Lipinski definition) is 2. The highest BCUT2D eigenvalue weighted by Crippen LogP contribution is 2.37. The SMILES string of the molecule is CC(=O)CC(=O)Nc1ccc2c(c1)Cc1ccccc1-2. The Labute approximate surface area is 117 Å². The van der Waals surface area contributed by atoms with Gasteiger partial charge in [-0.1, -0.05) is 30.3 Å². The number of ketones is 1. The molecule has 3 heteroatoms. The lowest BCUT2D eigenvalue weighted by atomic mass is 10.1. The summed E-state index contributed by atoms with van der Waals surface area (Å²) in [6, 6.07) is 14.2. The molecule has 0 bridgehead atoms. The first-order valence-corrected chi connectivity index (χ1v) is 6.64. The monoisotopic (exact) mass is 265 g/mol. The molecular formula is C17H15NO2. The van der Waals surface area contributed by atoms with Crippen LogP contribution in [0.2, 0.25) is 0 Å². The van der Waals surface area contributed by atoms with Gasteiger partial charge in [0.1, 0.15) is 5.78 Å². The number of rotatable bonds is 3. The highest BCUT2D eigenvalue weighted by atomic mass is 16.2. The molecule has 0 saturated carbocycles. The Hall–Kier alpha value is -2.42. The standard InChI is InChI=1S/C17H15NO2/c1-11(19)8-17(20)18-14-6-7-16-13(10-14)9-12-4-2-3-5-15(12)16/h2-7,10H,8-9H2,1H3,(H,18,20). The molecule has 0 radical (unpaired) electrons. The van der Waals surface area contributed by atoms with E-state index < -0.39 is 0 Å². The predicted molar refractivity (Wildman–Crippen MR) is 78.6 cm³/mol. The van der Waals surface area contributed by atoms with E-state index in [1.807, 2.05) is 30.3 Å². The van der Waals surface area contributed by atoms with Gasteiger partial charge in [0.15, 0.2) is 0 Å². The molecule has 0 aliphatic heterocycles. The van der Waals surface area contributed by atoms with Crippen LogP contribution in [0.25, 0.3) is 11.1 Å². The van der Waals surface area contributed by atoms with E-state index in [1.54, 1.807) is 0 Å². The maximum Gasteiger partial charge on any atom is 0.231 e. The third-order valence-electron chi connectivity index (χ3n) is 3.49. The molecule has 0 saturated heterocycles. The number of benzene rings is 2. The summed E-state index contributed by atoms with van der Waals surface area (Å²) in [6.07, 6.45) is 0.819. The zero-order valence-electron chi connectivity index (χ0n) is 11.3. The van der Waals surface area contributed by atoms with E-state index in [0.29, 0.717) is 0 Å². The van der Waals surface area contributed by atoms with Crippen molar-refractivity contribution in [1.29, 1.82) is 0 Å². The number of carbonyl (C=O) groups excluding carboxylic acids is 2. The van der Waals surface area contributed by atoms with E-state index in [0.717, 1.165) is 12.1 Å². The van der Waals surface area contributed by atoms with E-state index >= 15 is 0 Å². The summed E-state index contributed by atoms with van der Waals surface area (Å²) in [6.45, 7) is 1.42. The second-order valence-electron chi connectivity index (χ2n) is 5.13. The number of hydrogen-bond donors (Lipinski definition) is 1. The highest BCUT2D eigenvalue weighted by molar-refractivity contribution is 6.03. The number of fused-ring (bicyclic) bond motifs is 3. The molecule has 1 aliphatic rings. The lowest BCUT2D eigenvalue weighted by Gasteiger charge is -2.07. The van der Waals surface area contributed by atoms with Crippen LogP contribution in [-0.4, -0.2) is 11.7 Å². The molecule has 0 spiro atoms. The van der Waals surface area contributed by atoms with Crippen LogP contribution < -0.4 is 5.32 Å². The van der Waals surface area contributed by atoms with Gasteiger partial charge in [0.2, 0.25) is 5.91 Å². The van der Waals surface area contributed by atoms with Crippen LogP contribution in [0.5, 0.6) is 0 Å². The normalized spacial score (nSPS) is 11.7. The third-order valence-corrected chi connectivity index (χ3v) is 3.49. The number of carbonyl (C=O) groups is 2. The van der Waals surface area contributed by atoms with Crippen molar-refractivity contribution in [2.24, 2.45) is 0 Å². The predicted octanol–water partition coefficient (Wildman–Crippen LogP) is 3.18. The van der Waals surface area contributed by atoms with Crippen LogP contribution in [-0.2, 0) is 16.0 Å². The molecule has 0 heterocycles. The van der Waals surface area contributed by atoms with Crippen molar-refractivity contribution in [3.8, 4) is 11.1 Å². The zero-order valence-corrected chi connectivity index (χ0v) is 11.3. The van der Waals surface area contributed by atoms with Crippen molar-refractivity contribution >= 4 is 17.4 Å². The minimum atomic E-state index is -0.257. The third kappa shape index (κ3) is 2.35. The summed E-state index contributed by atoms with van der Waals surface area (Å²) >= 11 is 0. The quantitative estimate of drug-likeness (QED) is 0.739. The number of Topliss-reactive ketones (excluding diaryl/α,β-unsaturated/α-hetero) is 1. The molecule has 0 aromatic heterocycles. The first-order chi connectivity index (χ1) is 9.63. The summed E-state index contributed by atoms with van der Waals surface area (Å²) in [5, 5.41) is 2.77. The Balaban J connectivity index is 1.84. The Morgan fingerprint density at radius 3 is 2.60 bits per heavy atom. The van der Waals surface area contributed by atoms with E-state index in [4.69, 9.17) is 0 Å². The van der Waals surface area contributed by atoms with Crippen LogP contribution in [0.3, 0.4) is 0 Å². The molecule has 2 aromatic rings. The summed E-state index contributed by atoms with van der Waals surface area (Å²) in [7, 11) is 0. The fraction of sp³-hybridized carbons (Fsp3) is 0.176. The minimum Gasteiger partial charge on any atom is -0.326 e. The fourth-order valence-corrected chi connectivity index (χ4v) is 2.65. The largest absolute Gasteiger partial charge is 0.326 e. The van der Waals surface area contributed by atoms with Gasteiger partial charge in [0.05, 0.1) is 6.42 Å². The maximum absolute atomic E-state index is 11.6. The second-order valence-corrected chi connectivity index (χ2v) is 5.13. The molecule has 1 aliphatic carbocycles. The molecule has 100 valence electrons. The Morgan fingerprint density at radius 2 is 1.80 bits per heavy atom. The first kappa shape index (κ1) is 12.6. The fourth-order valence-electron chi connectivity index (χ4n) is 2.65. The van der Waals surface area contributed by atoms with E-state index in [2.05, 4.69) is 17.4 Å². The van der Waals surface area contributed by atoms with Crippen LogP contribution in [0.1, 0.15) is 24.5 Å². The van der Waals surface area contributed by atoms with Crippen LogP contribution >= 0.6 is 0 Å². The molecule has 2 aromatic carbocycles. The van der Waals surface area contributed by atoms with Crippen molar-refractivity contribution in [3.63, 3.8) is 0 Å². The van der Waals surface area contributed by atoms with Crippen molar-refractivity contribution in [3.05, 3.63) is 53.6 Å². The molecule has 0 fully saturated rings. The van der Waals surface area contributed by atoms with Gasteiger partial charge in [0, 0.05) is 5.69 Å². The second kappa shape index (κ2) is 4.93. The summed E-state index contributed by atoms with van der Waals surface area (Å²) < 4.78 is 0. The summed E-state index contributed by atoms with van der Waals surface area (Å²) in [4.78, 5) is 22.5. The van der Waals surface area contributed by atoms with Crippen molar-refractivity contribution in [1.82, 2.24) is 0 Å². The summed E-state index contributed by atoms with van der Waals surface area (Å²) in [5.41, 5.74) is 5.78. The van der Waals surface area contributed by atoms with Crippen molar-refractivity contribution in [2.45, 2.75) is 19.8 Å². The van der Waals surface area contributed by atoms with Gasteiger partial charge >= 0.3 is 0 Å². The highest BCUT2D eigenvalue weighted by Gasteiger charge is 2.18. The molecular weight excluding hydrogens is 250 g/mol. The van der Waals surface area contributed by atoms with Crippen molar-refractivity contribution < 1.29 is 9.59 Å². The van der Waals surface area contributed by atoms with Gasteiger partial charge in [-0.15, -0.1) is 0 Å². The number of nitrogens with one attached hydrogen (secondary N) is 1. The van der Waals surface area contributed by atoms with E-state index in [9.17, 15) is 9.59 Å². The molecule has 3 nitrogen and oxygen atoms in total. The van der Waals surface area contributed by atoms with Gasteiger partial charge in [0.25, 0.3) is 0 Å². The van der Waals surface area contributed by atoms with Gasteiger partial charge in [-0.25, -0.2) is 0 Å². The van der Waals surface area contributed by atoms with Gasteiger partial charge in [-0.3, -0.25) is 9.59 Å². The average molecular weight is 265 g/mol. The van der Waals surface area contributed by atoms with Crippen LogP contribution in [0.4, 0.5) is 5.69 Å². The maximum atomic E-state index is 11.6. The molecule has 20 heavy (non-hydrogen) atoms. The Morgan fingerprint density at radius 1 is 1.05 bits per heavy atom. The zero-order chi connectivity index (χ0) is 14.1. The van der Waals surface area contributed by atoms with E-state index in [-0.39, 0.29) is 18.1 Å². The average Bonchev–Trinajstić information content (AvgIpc) is 2.75. The topological polar surface area (TPSA) is 46.2 Å². The van der Waals surface area contributed by atoms with Crippen molar-refractivity contribution in [2.75, 3.05) is 5.32 Å². The van der Waals surface area contributed by atoms with Gasteiger partial charge in [-0.2, -0.15) is 0 Å². The van der Waals surface area contributed by atoms with E-state index in [1.165, 1.54) is 29.2 Å². The number of anilines is 1. The van der Waals surface area contributed by atoms with Gasteiger partial charge < -0.3 is 5.32 Å². The smallest absolute Gasteiger partial charge is 0.231 e. The summed E-state index contributed by atoms with van der Waals surface area (Å²) in [5.74, 6) is -0.385. The number of amides is 1. The molecule has 0 atom stereocenters. The Bertz CT molecular complexity index is 704. The van der Waals surface area contributed by atoms with Crippen LogP contribution in [0, 0.1) is 0 Å². The minimum absolute atomic E-state index is 0.0721. The molecule has 1 amide bonds. The molecule has 3 rings (SSSR count). The molecule has 1 N–H and O–H groups in total. The van der Waals surface area contributed by atoms with Gasteiger partial charge in [-0.05, 0) is 47.7 Å². The lowest BCUT2D eigenvalue weighted by molar-refractivity contribution is -0.124. The lowest BCUT2D eigenvalue weighted by Crippen LogP contribution is -2.14.